The number of benzene rings is 2. The lowest BCUT2D eigenvalue weighted by Crippen LogP contribution is -2.27. The zero-order valence-electron chi connectivity index (χ0n) is 16.3. The van der Waals surface area contributed by atoms with Crippen molar-refractivity contribution in [3.05, 3.63) is 48.0 Å². The molecule has 0 saturated carbocycles. The second-order valence-electron chi connectivity index (χ2n) is 6.70. The molecule has 9 heteroatoms. The molecular weight excluding hydrogens is 426 g/mol. The Morgan fingerprint density at radius 1 is 1.31 bits per heavy atom. The third-order valence-corrected chi connectivity index (χ3v) is 6.83. The minimum Gasteiger partial charge on any atom is -0.454 e. The molecule has 3 N–H and O–H groups in total. The van der Waals surface area contributed by atoms with Gasteiger partial charge in [0.05, 0.1) is 11.6 Å². The van der Waals surface area contributed by atoms with Gasteiger partial charge in [0.2, 0.25) is 10.0 Å². The number of nitrogens with one attached hydrogen (secondary N) is 1. The molecule has 0 aliphatic carbocycles. The summed E-state index contributed by atoms with van der Waals surface area (Å²) in [7, 11) is -4.03. The highest BCUT2D eigenvalue weighted by molar-refractivity contribution is 7.99. The molecule has 1 aliphatic rings. The Labute approximate surface area is 181 Å². The molecule has 2 aromatic rings. The fraction of sp³-hybridized carbons (Fsp3) is 0.350. The normalized spacial score (nSPS) is 14.1. The van der Waals surface area contributed by atoms with Crippen LogP contribution in [0.15, 0.2) is 47.4 Å². The summed E-state index contributed by atoms with van der Waals surface area (Å²) in [5.41, 5.74) is 1.21. The minimum atomic E-state index is -4.03. The van der Waals surface area contributed by atoms with Crippen molar-refractivity contribution >= 4 is 44.7 Å². The summed E-state index contributed by atoms with van der Waals surface area (Å²) >= 11 is 7.44. The van der Waals surface area contributed by atoms with Crippen LogP contribution in [-0.2, 0) is 10.0 Å². The van der Waals surface area contributed by atoms with Crippen LogP contribution in [0.25, 0.3) is 0 Å². The van der Waals surface area contributed by atoms with Crippen molar-refractivity contribution in [3.63, 3.8) is 0 Å². The first-order chi connectivity index (χ1) is 13.9. The molecular formula is C20H25N3O3S3. The van der Waals surface area contributed by atoms with Crippen molar-refractivity contribution < 1.29 is 13.2 Å². The predicted octanol–water partition coefficient (Wildman–Crippen LogP) is 4.02. The SMILES string of the molecule is CCCCNc1cc(C(=S)N2CCSC2)cc(S(N)(=O)=O)c1Oc1ccccc1. The number of sulfonamides is 1. The number of ether oxygens (including phenoxy) is 1. The fourth-order valence-electron chi connectivity index (χ4n) is 2.94. The number of rotatable bonds is 8. The number of nitrogens with zero attached hydrogens (tertiary/aromatic N) is 1. The van der Waals surface area contributed by atoms with Crippen LogP contribution in [0.3, 0.4) is 0 Å². The first-order valence-electron chi connectivity index (χ1n) is 9.44. The average Bonchev–Trinajstić information content (AvgIpc) is 3.23. The van der Waals surface area contributed by atoms with Gasteiger partial charge < -0.3 is 15.0 Å². The van der Waals surface area contributed by atoms with Gasteiger partial charge in [-0.1, -0.05) is 43.8 Å². The maximum absolute atomic E-state index is 12.4. The first-order valence-corrected chi connectivity index (χ1v) is 12.6. The monoisotopic (exact) mass is 451 g/mol. The molecule has 1 heterocycles. The van der Waals surface area contributed by atoms with E-state index in [1.807, 2.05) is 24.3 Å². The third kappa shape index (κ3) is 5.63. The molecule has 2 aromatic carbocycles. The Kier molecular flexibility index (Phi) is 7.39. The number of hydrogen-bond donors (Lipinski definition) is 2. The summed E-state index contributed by atoms with van der Waals surface area (Å²) in [6.07, 6.45) is 1.94. The smallest absolute Gasteiger partial charge is 0.241 e. The quantitative estimate of drug-likeness (QED) is 0.463. The summed E-state index contributed by atoms with van der Waals surface area (Å²) in [6.45, 7) is 3.62. The van der Waals surface area contributed by atoms with E-state index in [0.717, 1.165) is 31.0 Å². The number of hydrogen-bond acceptors (Lipinski definition) is 6. The van der Waals surface area contributed by atoms with Gasteiger partial charge in [0, 0.05) is 24.4 Å². The van der Waals surface area contributed by atoms with E-state index >= 15 is 0 Å². The molecule has 1 saturated heterocycles. The Hall–Kier alpha value is -1.81. The second kappa shape index (κ2) is 9.80. The lowest BCUT2D eigenvalue weighted by atomic mass is 10.1. The van der Waals surface area contributed by atoms with E-state index in [0.29, 0.717) is 28.5 Å². The molecule has 1 aliphatic heterocycles. The summed E-state index contributed by atoms with van der Waals surface area (Å²) in [4.78, 5) is 2.60. The number of anilines is 1. The van der Waals surface area contributed by atoms with E-state index in [9.17, 15) is 8.42 Å². The van der Waals surface area contributed by atoms with Crippen LogP contribution >= 0.6 is 24.0 Å². The van der Waals surface area contributed by atoms with Gasteiger partial charge in [-0.25, -0.2) is 13.6 Å². The average molecular weight is 452 g/mol. The number of thiocarbonyl (C=S) groups is 1. The number of primary sulfonamides is 1. The number of unbranched alkanes of at least 4 members (excludes halogenated alkanes) is 1. The summed E-state index contributed by atoms with van der Waals surface area (Å²) in [6, 6.07) is 12.4. The van der Waals surface area contributed by atoms with E-state index in [2.05, 4.69) is 17.1 Å². The molecule has 0 amide bonds. The van der Waals surface area contributed by atoms with Crippen molar-refractivity contribution in [3.8, 4) is 11.5 Å². The van der Waals surface area contributed by atoms with Gasteiger partial charge in [-0.3, -0.25) is 0 Å². The van der Waals surface area contributed by atoms with Gasteiger partial charge in [0.25, 0.3) is 0 Å². The first kappa shape index (κ1) is 21.9. The molecule has 156 valence electrons. The van der Waals surface area contributed by atoms with Crippen LogP contribution in [0.1, 0.15) is 25.3 Å². The lowest BCUT2D eigenvalue weighted by molar-refractivity contribution is 0.469. The van der Waals surface area contributed by atoms with Crippen molar-refractivity contribution in [2.24, 2.45) is 5.14 Å². The number of nitrogens with two attached hydrogens (primary N) is 1. The molecule has 0 bridgehead atoms. The lowest BCUT2D eigenvalue weighted by Gasteiger charge is -2.22. The molecule has 6 nitrogen and oxygen atoms in total. The third-order valence-electron chi connectivity index (χ3n) is 4.46. The van der Waals surface area contributed by atoms with Crippen LogP contribution in [0, 0.1) is 0 Å². The number of para-hydroxylation sites is 1. The van der Waals surface area contributed by atoms with E-state index < -0.39 is 10.0 Å². The molecule has 0 atom stereocenters. The van der Waals surface area contributed by atoms with Gasteiger partial charge in [-0.15, -0.1) is 11.8 Å². The highest BCUT2D eigenvalue weighted by atomic mass is 32.2. The van der Waals surface area contributed by atoms with Crippen molar-refractivity contribution in [1.82, 2.24) is 4.90 Å². The molecule has 3 rings (SSSR count). The predicted molar refractivity (Wildman–Crippen MR) is 123 cm³/mol. The topological polar surface area (TPSA) is 84.7 Å². The summed E-state index contributed by atoms with van der Waals surface area (Å²) in [5, 5.41) is 8.87. The molecule has 0 radical (unpaired) electrons. The largest absolute Gasteiger partial charge is 0.454 e. The van der Waals surface area contributed by atoms with E-state index in [-0.39, 0.29) is 10.6 Å². The van der Waals surface area contributed by atoms with Gasteiger partial charge in [-0.2, -0.15) is 0 Å². The number of thioether (sulfide) groups is 1. The van der Waals surface area contributed by atoms with Crippen molar-refractivity contribution in [2.45, 2.75) is 24.7 Å². The molecule has 0 unspecified atom stereocenters. The maximum atomic E-state index is 12.4. The minimum absolute atomic E-state index is 0.0768. The van der Waals surface area contributed by atoms with Crippen LogP contribution in [0.4, 0.5) is 5.69 Å². The highest BCUT2D eigenvalue weighted by Gasteiger charge is 2.25. The highest BCUT2D eigenvalue weighted by Crippen LogP contribution is 2.37. The Morgan fingerprint density at radius 3 is 2.69 bits per heavy atom. The molecule has 0 aromatic heterocycles. The van der Waals surface area contributed by atoms with Gasteiger partial charge in [0.15, 0.2) is 5.75 Å². The standard InChI is InChI=1S/C20H25N3O3S3/c1-2-3-9-22-17-12-15(20(27)23-10-11-28-14-23)13-18(29(21,24)25)19(17)26-16-7-5-4-6-8-16/h4-8,12-13,22H,2-3,9-11,14H2,1H3,(H2,21,24,25). The molecule has 29 heavy (non-hydrogen) atoms. The van der Waals surface area contributed by atoms with E-state index in [1.54, 1.807) is 23.9 Å². The van der Waals surface area contributed by atoms with E-state index in [4.69, 9.17) is 22.1 Å². The zero-order chi connectivity index (χ0) is 20.9. The van der Waals surface area contributed by atoms with Crippen LogP contribution in [0.2, 0.25) is 0 Å². The molecule has 0 spiro atoms. The summed E-state index contributed by atoms with van der Waals surface area (Å²) < 4.78 is 30.8. The second-order valence-corrected chi connectivity index (χ2v) is 9.69. The van der Waals surface area contributed by atoms with Gasteiger partial charge in [0.1, 0.15) is 15.6 Å². The Morgan fingerprint density at radius 2 is 2.07 bits per heavy atom. The van der Waals surface area contributed by atoms with Crippen LogP contribution < -0.4 is 15.2 Å². The zero-order valence-corrected chi connectivity index (χ0v) is 18.7. The Bertz CT molecular complexity index is 960. The van der Waals surface area contributed by atoms with Crippen LogP contribution in [-0.4, -0.2) is 43.0 Å². The molecule has 1 fully saturated rings. The summed E-state index contributed by atoms with van der Waals surface area (Å²) in [5.74, 6) is 2.52. The van der Waals surface area contributed by atoms with Gasteiger partial charge in [-0.05, 0) is 30.7 Å². The fourth-order valence-corrected chi connectivity index (χ4v) is 4.95. The maximum Gasteiger partial charge on any atom is 0.241 e. The van der Waals surface area contributed by atoms with Crippen LogP contribution in [0.5, 0.6) is 11.5 Å². The Balaban J connectivity index is 2.08. The van der Waals surface area contributed by atoms with E-state index in [1.165, 1.54) is 6.07 Å². The van der Waals surface area contributed by atoms with Gasteiger partial charge >= 0.3 is 0 Å². The van der Waals surface area contributed by atoms with Crippen molar-refractivity contribution in [2.75, 3.05) is 30.0 Å². The van der Waals surface area contributed by atoms with Crippen molar-refractivity contribution in [1.29, 1.82) is 0 Å².